The number of aryl methyl sites for hydroxylation is 1. The molecule has 2 heterocycles. The first-order valence-corrected chi connectivity index (χ1v) is 6.13. The van der Waals surface area contributed by atoms with Crippen molar-refractivity contribution in [1.29, 1.82) is 0 Å². The van der Waals surface area contributed by atoms with E-state index in [1.165, 1.54) is 7.11 Å². The van der Waals surface area contributed by atoms with Gasteiger partial charge in [0.2, 0.25) is 5.76 Å². The average molecular weight is 263 g/mol. The number of nitrogens with zero attached hydrogens (tertiary/aromatic N) is 2. The first-order valence-electron chi connectivity index (χ1n) is 6.13. The normalized spacial score (nSPS) is 10.6. The van der Waals surface area contributed by atoms with Crippen molar-refractivity contribution in [3.05, 3.63) is 42.4 Å². The molecule has 2 rings (SSSR count). The minimum atomic E-state index is -0.452. The summed E-state index contributed by atoms with van der Waals surface area (Å²) in [5.74, 6) is 0.507. The van der Waals surface area contributed by atoms with Gasteiger partial charge in [-0.25, -0.2) is 9.78 Å². The molecule has 0 spiro atoms. The van der Waals surface area contributed by atoms with Gasteiger partial charge in [0.15, 0.2) is 0 Å². The van der Waals surface area contributed by atoms with Gasteiger partial charge in [-0.3, -0.25) is 0 Å². The highest BCUT2D eigenvalue weighted by molar-refractivity contribution is 5.86. The quantitative estimate of drug-likeness (QED) is 0.604. The molecule has 6 heteroatoms. The molecule has 6 nitrogen and oxygen atoms in total. The molecule has 0 fully saturated rings. The number of imidazole rings is 1. The van der Waals surface area contributed by atoms with Gasteiger partial charge in [0.25, 0.3) is 0 Å². The summed E-state index contributed by atoms with van der Waals surface area (Å²) in [5.41, 5.74) is 0. The third-order valence-electron chi connectivity index (χ3n) is 2.68. The lowest BCUT2D eigenvalue weighted by atomic mass is 10.4. The van der Waals surface area contributed by atoms with Crippen molar-refractivity contribution in [1.82, 2.24) is 14.9 Å². The Labute approximate surface area is 111 Å². The molecule has 2 aromatic heterocycles. The van der Waals surface area contributed by atoms with Gasteiger partial charge < -0.3 is 19.0 Å². The Hall–Kier alpha value is -2.08. The Balaban J connectivity index is 1.65. The van der Waals surface area contributed by atoms with Crippen LogP contribution in [0.2, 0.25) is 0 Å². The van der Waals surface area contributed by atoms with Gasteiger partial charge in [-0.1, -0.05) is 0 Å². The van der Waals surface area contributed by atoms with Crippen molar-refractivity contribution in [3.63, 3.8) is 0 Å². The zero-order valence-electron chi connectivity index (χ0n) is 10.8. The zero-order valence-corrected chi connectivity index (χ0v) is 10.8. The van der Waals surface area contributed by atoms with E-state index in [0.717, 1.165) is 25.3 Å². The summed E-state index contributed by atoms with van der Waals surface area (Å²) in [6.07, 6.45) is 6.51. The van der Waals surface area contributed by atoms with Crippen LogP contribution in [0.3, 0.4) is 0 Å². The molecule has 0 amide bonds. The predicted octanol–water partition coefficient (Wildman–Crippen LogP) is 1.44. The maximum atomic E-state index is 11.2. The van der Waals surface area contributed by atoms with Gasteiger partial charge in [0.1, 0.15) is 5.76 Å². The van der Waals surface area contributed by atoms with E-state index < -0.39 is 5.97 Å². The molecule has 0 radical (unpaired) electrons. The predicted molar refractivity (Wildman–Crippen MR) is 68.6 cm³/mol. The number of furan rings is 1. The van der Waals surface area contributed by atoms with Crippen molar-refractivity contribution >= 4 is 5.97 Å². The highest BCUT2D eigenvalue weighted by Crippen LogP contribution is 2.08. The first-order chi connectivity index (χ1) is 9.29. The first kappa shape index (κ1) is 13.4. The molecular formula is C13H17N3O3. The van der Waals surface area contributed by atoms with Crippen molar-refractivity contribution in [2.75, 3.05) is 13.7 Å². The Morgan fingerprint density at radius 3 is 3.16 bits per heavy atom. The summed E-state index contributed by atoms with van der Waals surface area (Å²) in [6, 6.07) is 3.39. The number of rotatable bonds is 7. The van der Waals surface area contributed by atoms with E-state index in [0.29, 0.717) is 6.54 Å². The molecule has 0 aromatic carbocycles. The maximum absolute atomic E-state index is 11.2. The van der Waals surface area contributed by atoms with Crippen LogP contribution in [0.4, 0.5) is 0 Å². The molecule has 0 saturated heterocycles. The number of aromatic nitrogens is 2. The molecule has 0 unspecified atom stereocenters. The standard InChI is InChI=1S/C13H17N3O3/c1-18-13(17)12-4-3-11(19-12)9-14-5-2-7-16-8-6-15-10-16/h3-4,6,8,10,14H,2,5,7,9H2,1H3. The van der Waals surface area contributed by atoms with Gasteiger partial charge in [0, 0.05) is 18.9 Å². The van der Waals surface area contributed by atoms with E-state index in [9.17, 15) is 4.79 Å². The van der Waals surface area contributed by atoms with E-state index in [-0.39, 0.29) is 5.76 Å². The third-order valence-corrected chi connectivity index (χ3v) is 2.68. The SMILES string of the molecule is COC(=O)c1ccc(CNCCCn2ccnc2)o1. The molecule has 102 valence electrons. The number of carbonyl (C=O) groups is 1. The summed E-state index contributed by atoms with van der Waals surface area (Å²) >= 11 is 0. The van der Waals surface area contributed by atoms with Gasteiger partial charge in [-0.05, 0) is 25.1 Å². The Morgan fingerprint density at radius 1 is 1.53 bits per heavy atom. The summed E-state index contributed by atoms with van der Waals surface area (Å²) in [4.78, 5) is 15.2. The number of nitrogens with one attached hydrogen (secondary N) is 1. The summed E-state index contributed by atoms with van der Waals surface area (Å²) < 4.78 is 11.9. The van der Waals surface area contributed by atoms with Crippen LogP contribution in [0.15, 0.2) is 35.3 Å². The summed E-state index contributed by atoms with van der Waals surface area (Å²) in [7, 11) is 1.33. The Kier molecular flexibility index (Phi) is 4.74. The molecule has 0 aliphatic carbocycles. The van der Waals surface area contributed by atoms with E-state index in [2.05, 4.69) is 15.0 Å². The lowest BCUT2D eigenvalue weighted by molar-refractivity contribution is 0.0563. The van der Waals surface area contributed by atoms with E-state index in [1.807, 2.05) is 10.8 Å². The number of hydrogen-bond donors (Lipinski definition) is 1. The molecule has 0 atom stereocenters. The van der Waals surface area contributed by atoms with Crippen LogP contribution in [0.5, 0.6) is 0 Å². The van der Waals surface area contributed by atoms with Gasteiger partial charge in [0.05, 0.1) is 20.0 Å². The average Bonchev–Trinajstić information content (AvgIpc) is 3.08. The lowest BCUT2D eigenvalue weighted by Gasteiger charge is -2.03. The zero-order chi connectivity index (χ0) is 13.5. The van der Waals surface area contributed by atoms with Crippen LogP contribution in [-0.2, 0) is 17.8 Å². The number of carbonyl (C=O) groups excluding carboxylic acids is 1. The monoisotopic (exact) mass is 263 g/mol. The van der Waals surface area contributed by atoms with Crippen LogP contribution in [0, 0.1) is 0 Å². The Bertz CT molecular complexity index is 505. The molecule has 2 aromatic rings. The highest BCUT2D eigenvalue weighted by Gasteiger charge is 2.10. The van der Waals surface area contributed by atoms with E-state index in [4.69, 9.17) is 4.42 Å². The third kappa shape index (κ3) is 3.96. The molecule has 0 aliphatic rings. The number of ether oxygens (including phenoxy) is 1. The second-order valence-electron chi connectivity index (χ2n) is 4.09. The van der Waals surface area contributed by atoms with Crippen LogP contribution < -0.4 is 5.32 Å². The van der Waals surface area contributed by atoms with Crippen molar-refractivity contribution in [2.24, 2.45) is 0 Å². The maximum Gasteiger partial charge on any atom is 0.373 e. The molecule has 0 saturated carbocycles. The molecule has 0 bridgehead atoms. The smallest absolute Gasteiger partial charge is 0.373 e. The van der Waals surface area contributed by atoms with E-state index >= 15 is 0 Å². The number of hydrogen-bond acceptors (Lipinski definition) is 5. The largest absolute Gasteiger partial charge is 0.463 e. The van der Waals surface area contributed by atoms with Crippen molar-refractivity contribution in [2.45, 2.75) is 19.5 Å². The van der Waals surface area contributed by atoms with Crippen molar-refractivity contribution in [3.8, 4) is 0 Å². The minimum Gasteiger partial charge on any atom is -0.463 e. The van der Waals surface area contributed by atoms with Crippen molar-refractivity contribution < 1.29 is 13.9 Å². The van der Waals surface area contributed by atoms with Crippen LogP contribution in [-0.4, -0.2) is 29.2 Å². The molecular weight excluding hydrogens is 246 g/mol. The topological polar surface area (TPSA) is 69.3 Å². The second-order valence-corrected chi connectivity index (χ2v) is 4.09. The summed E-state index contributed by atoms with van der Waals surface area (Å²) in [5, 5.41) is 3.25. The number of esters is 1. The van der Waals surface area contributed by atoms with Crippen LogP contribution in [0.25, 0.3) is 0 Å². The number of methoxy groups -OCH3 is 1. The van der Waals surface area contributed by atoms with Gasteiger partial charge >= 0.3 is 5.97 Å². The van der Waals surface area contributed by atoms with Gasteiger partial charge in [-0.15, -0.1) is 0 Å². The lowest BCUT2D eigenvalue weighted by Crippen LogP contribution is -2.15. The second kappa shape index (κ2) is 6.75. The van der Waals surface area contributed by atoms with Crippen LogP contribution >= 0.6 is 0 Å². The molecule has 1 N–H and O–H groups in total. The van der Waals surface area contributed by atoms with Crippen LogP contribution in [0.1, 0.15) is 22.7 Å². The van der Waals surface area contributed by atoms with E-state index in [1.54, 1.807) is 24.7 Å². The summed E-state index contributed by atoms with van der Waals surface area (Å²) in [6.45, 7) is 2.39. The minimum absolute atomic E-state index is 0.234. The molecule has 19 heavy (non-hydrogen) atoms. The fourth-order valence-corrected chi connectivity index (χ4v) is 1.70. The highest BCUT2D eigenvalue weighted by atomic mass is 16.5. The Morgan fingerprint density at radius 2 is 2.42 bits per heavy atom. The fourth-order valence-electron chi connectivity index (χ4n) is 1.70. The van der Waals surface area contributed by atoms with Gasteiger partial charge in [-0.2, -0.15) is 0 Å². The fraction of sp³-hybridized carbons (Fsp3) is 0.385. The molecule has 0 aliphatic heterocycles.